The lowest BCUT2D eigenvalue weighted by molar-refractivity contribution is 0.623. The third-order valence-electron chi connectivity index (χ3n) is 8.85. The van der Waals surface area contributed by atoms with E-state index >= 15 is 0 Å². The average Bonchev–Trinajstić information content (AvgIpc) is 3.74. The molecule has 0 saturated heterocycles. The Morgan fingerprint density at radius 3 is 2.14 bits per heavy atom. The molecule has 3 nitrogen and oxygen atoms in total. The molecular formula is C39H21NO2. The molecule has 0 saturated carbocycles. The largest absolute Gasteiger partial charge is 0.456 e. The van der Waals surface area contributed by atoms with E-state index < -0.39 is 0 Å². The molecule has 0 amide bonds. The summed E-state index contributed by atoms with van der Waals surface area (Å²) in [6.07, 6.45) is 0. The van der Waals surface area contributed by atoms with E-state index in [2.05, 4.69) is 97.1 Å². The summed E-state index contributed by atoms with van der Waals surface area (Å²) < 4.78 is 12.6. The fourth-order valence-electron chi connectivity index (χ4n) is 6.90. The van der Waals surface area contributed by atoms with Crippen LogP contribution in [0, 0.1) is 0 Å². The maximum atomic E-state index is 6.31. The van der Waals surface area contributed by atoms with Crippen molar-refractivity contribution in [2.24, 2.45) is 0 Å². The van der Waals surface area contributed by atoms with Gasteiger partial charge in [-0.3, -0.25) is 0 Å². The van der Waals surface area contributed by atoms with Gasteiger partial charge in [0.2, 0.25) is 5.89 Å². The van der Waals surface area contributed by atoms with Crippen molar-refractivity contribution in [3.8, 4) is 44.8 Å². The van der Waals surface area contributed by atoms with Crippen molar-refractivity contribution in [2.45, 2.75) is 0 Å². The van der Waals surface area contributed by atoms with Crippen molar-refractivity contribution in [2.75, 3.05) is 0 Å². The van der Waals surface area contributed by atoms with E-state index in [4.69, 9.17) is 13.8 Å². The van der Waals surface area contributed by atoms with E-state index in [9.17, 15) is 0 Å². The maximum Gasteiger partial charge on any atom is 0.227 e. The first-order valence-electron chi connectivity index (χ1n) is 14.2. The summed E-state index contributed by atoms with van der Waals surface area (Å²) >= 11 is 0. The Bertz CT molecular complexity index is 2570. The Labute approximate surface area is 240 Å². The first kappa shape index (κ1) is 22.1. The van der Waals surface area contributed by atoms with Crippen LogP contribution in [0.1, 0.15) is 0 Å². The van der Waals surface area contributed by atoms with Crippen LogP contribution in [0.25, 0.3) is 99.4 Å². The summed E-state index contributed by atoms with van der Waals surface area (Å²) in [5.41, 5.74) is 11.9. The van der Waals surface area contributed by atoms with Crippen molar-refractivity contribution in [3.05, 3.63) is 127 Å². The number of para-hydroxylation sites is 1. The molecule has 3 heteroatoms. The van der Waals surface area contributed by atoms with Gasteiger partial charge in [0.1, 0.15) is 16.7 Å². The number of benzene rings is 7. The zero-order valence-electron chi connectivity index (χ0n) is 22.4. The van der Waals surface area contributed by atoms with Crippen LogP contribution in [0.5, 0.6) is 0 Å². The number of fused-ring (bicyclic) bond motifs is 10. The van der Waals surface area contributed by atoms with Crippen molar-refractivity contribution in [1.82, 2.24) is 4.98 Å². The molecule has 2 aromatic heterocycles. The van der Waals surface area contributed by atoms with Gasteiger partial charge in [-0.05, 0) is 85.9 Å². The lowest BCUT2D eigenvalue weighted by Crippen LogP contribution is -1.83. The number of rotatable bonds is 2. The molecule has 0 bridgehead atoms. The summed E-state index contributed by atoms with van der Waals surface area (Å²) in [6.45, 7) is 0. The highest BCUT2D eigenvalue weighted by Crippen LogP contribution is 2.51. The molecule has 2 heterocycles. The van der Waals surface area contributed by atoms with E-state index in [1.807, 2.05) is 30.3 Å². The van der Waals surface area contributed by atoms with Gasteiger partial charge >= 0.3 is 0 Å². The smallest absolute Gasteiger partial charge is 0.227 e. The summed E-state index contributed by atoms with van der Waals surface area (Å²) in [6, 6.07) is 44.9. The van der Waals surface area contributed by atoms with Crippen LogP contribution in [-0.4, -0.2) is 4.98 Å². The zero-order valence-corrected chi connectivity index (χ0v) is 22.4. The molecular weight excluding hydrogens is 514 g/mol. The topological polar surface area (TPSA) is 39.2 Å². The minimum atomic E-state index is 0.640. The van der Waals surface area contributed by atoms with E-state index in [-0.39, 0.29) is 0 Å². The minimum Gasteiger partial charge on any atom is -0.456 e. The lowest BCUT2D eigenvalue weighted by Gasteiger charge is -2.07. The minimum absolute atomic E-state index is 0.640. The Hall–Kier alpha value is -5.67. The molecule has 1 aliphatic carbocycles. The predicted octanol–water partition coefficient (Wildman–Crippen LogP) is 11.0. The van der Waals surface area contributed by atoms with Gasteiger partial charge in [0.15, 0.2) is 5.58 Å². The van der Waals surface area contributed by atoms with Gasteiger partial charge in [-0.25, -0.2) is 4.98 Å². The van der Waals surface area contributed by atoms with Gasteiger partial charge in [-0.15, -0.1) is 0 Å². The predicted molar refractivity (Wildman–Crippen MR) is 172 cm³/mol. The second kappa shape index (κ2) is 7.96. The summed E-state index contributed by atoms with van der Waals surface area (Å²) in [7, 11) is 0. The highest BCUT2D eigenvalue weighted by atomic mass is 16.3. The molecule has 0 unspecified atom stereocenters. The number of hydrogen-bond acceptors (Lipinski definition) is 3. The molecule has 7 aromatic carbocycles. The normalized spacial score (nSPS) is 12.3. The molecule has 0 radical (unpaired) electrons. The zero-order chi connectivity index (χ0) is 27.4. The van der Waals surface area contributed by atoms with Crippen LogP contribution in [0.4, 0.5) is 0 Å². The van der Waals surface area contributed by atoms with Crippen LogP contribution in [0.15, 0.2) is 136 Å². The van der Waals surface area contributed by atoms with Crippen LogP contribution in [0.3, 0.4) is 0 Å². The van der Waals surface area contributed by atoms with Gasteiger partial charge < -0.3 is 8.83 Å². The Kier molecular flexibility index (Phi) is 4.18. The molecule has 0 N–H and O–H groups in total. The van der Waals surface area contributed by atoms with Crippen molar-refractivity contribution in [3.63, 3.8) is 0 Å². The van der Waals surface area contributed by atoms with Crippen molar-refractivity contribution < 1.29 is 8.83 Å². The van der Waals surface area contributed by atoms with E-state index in [1.54, 1.807) is 0 Å². The Morgan fingerprint density at radius 1 is 0.429 bits per heavy atom. The fraction of sp³-hybridized carbons (Fsp3) is 0. The molecule has 10 rings (SSSR count). The summed E-state index contributed by atoms with van der Waals surface area (Å²) in [5.74, 6) is 0.640. The first-order valence-corrected chi connectivity index (χ1v) is 14.2. The molecule has 9 aromatic rings. The number of furan rings is 1. The summed E-state index contributed by atoms with van der Waals surface area (Å²) in [5, 5.41) is 7.16. The fourth-order valence-corrected chi connectivity index (χ4v) is 6.90. The second-order valence-electron chi connectivity index (χ2n) is 11.1. The first-order chi connectivity index (χ1) is 20.8. The number of aromatic nitrogens is 1. The Morgan fingerprint density at radius 2 is 1.21 bits per heavy atom. The van der Waals surface area contributed by atoms with E-state index in [0.29, 0.717) is 5.89 Å². The van der Waals surface area contributed by atoms with Gasteiger partial charge in [0.05, 0.1) is 0 Å². The van der Waals surface area contributed by atoms with E-state index in [0.717, 1.165) is 44.2 Å². The van der Waals surface area contributed by atoms with Crippen molar-refractivity contribution in [1.29, 1.82) is 0 Å². The highest BCUT2D eigenvalue weighted by molar-refractivity contribution is 6.28. The van der Waals surface area contributed by atoms with Crippen LogP contribution < -0.4 is 0 Å². The SMILES string of the molecule is c1ccc2c(c1)ccc1nc(-c3ccc(-c4ccc5c(c4)-c4cccc6c4c-5cc4oc5ccccc5c46)cc3)oc12. The highest BCUT2D eigenvalue weighted by Gasteiger charge is 2.25. The van der Waals surface area contributed by atoms with Gasteiger partial charge in [-0.2, -0.15) is 0 Å². The third kappa shape index (κ3) is 2.92. The van der Waals surface area contributed by atoms with Crippen LogP contribution in [0.2, 0.25) is 0 Å². The molecule has 1 aliphatic rings. The van der Waals surface area contributed by atoms with Gasteiger partial charge in [0, 0.05) is 21.7 Å². The maximum absolute atomic E-state index is 6.31. The van der Waals surface area contributed by atoms with Crippen LogP contribution in [-0.2, 0) is 0 Å². The monoisotopic (exact) mass is 535 g/mol. The lowest BCUT2D eigenvalue weighted by atomic mass is 9.97. The molecule has 194 valence electrons. The number of nitrogens with zero attached hydrogens (tertiary/aromatic N) is 1. The molecule has 0 atom stereocenters. The second-order valence-corrected chi connectivity index (χ2v) is 11.1. The van der Waals surface area contributed by atoms with Gasteiger partial charge in [-0.1, -0.05) is 91.0 Å². The molecule has 0 spiro atoms. The van der Waals surface area contributed by atoms with Crippen LogP contribution >= 0.6 is 0 Å². The number of oxazole rings is 1. The summed E-state index contributed by atoms with van der Waals surface area (Å²) in [4.78, 5) is 4.79. The molecule has 42 heavy (non-hydrogen) atoms. The standard InChI is InChI=1S/C39H21NO2/c1-2-7-26-23(6-1)17-19-33-38(26)42-39(40-33)24-14-12-22(13-15-24)25-16-18-27-31(20-25)28-9-5-10-30-36(28)32(27)21-35-37(30)29-8-3-4-11-34(29)41-35/h1-21H. The third-order valence-corrected chi connectivity index (χ3v) is 8.85. The average molecular weight is 536 g/mol. The van der Waals surface area contributed by atoms with Crippen molar-refractivity contribution >= 4 is 54.6 Å². The Balaban J connectivity index is 1.07. The molecule has 0 aliphatic heterocycles. The van der Waals surface area contributed by atoms with Gasteiger partial charge in [0.25, 0.3) is 0 Å². The number of hydrogen-bond donors (Lipinski definition) is 0. The quantitative estimate of drug-likeness (QED) is 0.221. The molecule has 0 fully saturated rings. The van der Waals surface area contributed by atoms with E-state index in [1.165, 1.54) is 49.4 Å².